The summed E-state index contributed by atoms with van der Waals surface area (Å²) in [6, 6.07) is 5.87. The smallest absolute Gasteiger partial charge is 0.327 e. The molecule has 1 aromatic carbocycles. The minimum atomic E-state index is -4.44. The molecule has 2 nitrogen and oxygen atoms in total. The molecule has 0 atom stereocenters. The van der Waals surface area contributed by atoms with Crippen molar-refractivity contribution in [3.8, 4) is 11.1 Å². The van der Waals surface area contributed by atoms with Gasteiger partial charge in [0.05, 0.1) is 10.6 Å². The number of alkyl halides is 3. The third-order valence-corrected chi connectivity index (χ3v) is 2.59. The van der Waals surface area contributed by atoms with Crippen molar-refractivity contribution in [2.75, 3.05) is 0 Å². The molecule has 0 unspecified atom stereocenters. The van der Waals surface area contributed by atoms with Gasteiger partial charge in [-0.25, -0.2) is 0 Å². The van der Waals surface area contributed by atoms with E-state index in [-0.39, 0.29) is 16.1 Å². The zero-order chi connectivity index (χ0) is 13.3. The second kappa shape index (κ2) is 4.49. The predicted molar refractivity (Wildman–Crippen MR) is 62.5 cm³/mol. The van der Waals surface area contributed by atoms with Crippen LogP contribution in [0.5, 0.6) is 0 Å². The lowest BCUT2D eigenvalue weighted by Crippen LogP contribution is -2.09. The molecule has 0 aliphatic heterocycles. The number of nitrogens with one attached hydrogen (secondary N) is 1. The first-order valence-electron chi connectivity index (χ1n) is 4.94. The van der Waals surface area contributed by atoms with E-state index in [2.05, 4.69) is 4.98 Å². The molecule has 0 spiro atoms. The third-order valence-electron chi connectivity index (χ3n) is 2.37. The predicted octanol–water partition coefficient (Wildman–Crippen LogP) is 3.71. The Hall–Kier alpha value is -1.75. The number of halogens is 4. The molecule has 0 saturated carbocycles. The van der Waals surface area contributed by atoms with Crippen LogP contribution in [0.25, 0.3) is 11.1 Å². The Labute approximate surface area is 105 Å². The molecule has 2 rings (SSSR count). The molecule has 2 aromatic rings. The summed E-state index contributed by atoms with van der Waals surface area (Å²) >= 11 is 5.70. The van der Waals surface area contributed by atoms with Gasteiger partial charge in [0.1, 0.15) is 0 Å². The van der Waals surface area contributed by atoms with Crippen LogP contribution in [0.4, 0.5) is 13.2 Å². The zero-order valence-corrected chi connectivity index (χ0v) is 9.64. The highest BCUT2D eigenvalue weighted by Gasteiger charge is 2.30. The van der Waals surface area contributed by atoms with E-state index in [9.17, 15) is 18.0 Å². The van der Waals surface area contributed by atoms with Gasteiger partial charge in [-0.05, 0) is 23.8 Å². The lowest BCUT2D eigenvalue weighted by Gasteiger charge is -2.08. The lowest BCUT2D eigenvalue weighted by molar-refractivity contribution is -0.137. The fraction of sp³-hybridized carbons (Fsp3) is 0.0833. The fourth-order valence-electron chi connectivity index (χ4n) is 1.53. The average molecular weight is 274 g/mol. The Morgan fingerprint density at radius 2 is 1.89 bits per heavy atom. The quantitative estimate of drug-likeness (QED) is 0.844. The highest BCUT2D eigenvalue weighted by molar-refractivity contribution is 6.30. The van der Waals surface area contributed by atoms with Gasteiger partial charge >= 0.3 is 6.18 Å². The SMILES string of the molecule is O=c1[nH]cc(Cl)cc1-c1cccc(C(F)(F)F)c1. The maximum atomic E-state index is 12.6. The number of hydrogen-bond donors (Lipinski definition) is 1. The van der Waals surface area contributed by atoms with Crippen molar-refractivity contribution >= 4 is 11.6 Å². The van der Waals surface area contributed by atoms with E-state index in [1.165, 1.54) is 24.4 Å². The van der Waals surface area contributed by atoms with E-state index in [4.69, 9.17) is 11.6 Å². The van der Waals surface area contributed by atoms with Gasteiger partial charge < -0.3 is 4.98 Å². The molecule has 1 N–H and O–H groups in total. The van der Waals surface area contributed by atoms with Crippen molar-refractivity contribution in [2.24, 2.45) is 0 Å². The second-order valence-corrected chi connectivity index (χ2v) is 4.08. The number of benzene rings is 1. The Kier molecular flexibility index (Phi) is 3.17. The van der Waals surface area contributed by atoms with E-state index in [1.807, 2.05) is 0 Å². The Morgan fingerprint density at radius 1 is 1.17 bits per heavy atom. The van der Waals surface area contributed by atoms with Crippen molar-refractivity contribution in [2.45, 2.75) is 6.18 Å². The first-order valence-corrected chi connectivity index (χ1v) is 5.31. The first-order chi connectivity index (χ1) is 8.38. The van der Waals surface area contributed by atoms with Gasteiger partial charge in [0, 0.05) is 11.8 Å². The minimum absolute atomic E-state index is 0.105. The fourth-order valence-corrected chi connectivity index (χ4v) is 1.70. The monoisotopic (exact) mass is 273 g/mol. The third kappa shape index (κ3) is 2.56. The van der Waals surface area contributed by atoms with Gasteiger partial charge in [-0.2, -0.15) is 13.2 Å². The van der Waals surface area contributed by atoms with Crippen LogP contribution in [0.2, 0.25) is 5.02 Å². The van der Waals surface area contributed by atoms with E-state index in [0.717, 1.165) is 12.1 Å². The van der Waals surface area contributed by atoms with E-state index >= 15 is 0 Å². The second-order valence-electron chi connectivity index (χ2n) is 3.64. The average Bonchev–Trinajstić information content (AvgIpc) is 2.31. The molecule has 18 heavy (non-hydrogen) atoms. The van der Waals surface area contributed by atoms with Gasteiger partial charge in [-0.1, -0.05) is 23.7 Å². The lowest BCUT2D eigenvalue weighted by atomic mass is 10.0. The molecular weight excluding hydrogens is 267 g/mol. The van der Waals surface area contributed by atoms with Crippen LogP contribution in [-0.4, -0.2) is 4.98 Å². The molecule has 0 saturated heterocycles. The van der Waals surface area contributed by atoms with Crippen LogP contribution in [0.15, 0.2) is 41.3 Å². The highest BCUT2D eigenvalue weighted by Crippen LogP contribution is 2.31. The summed E-state index contributed by atoms with van der Waals surface area (Å²) in [5, 5.41) is 0.252. The van der Waals surface area contributed by atoms with Crippen LogP contribution in [0, 0.1) is 0 Å². The zero-order valence-electron chi connectivity index (χ0n) is 8.88. The molecule has 0 radical (unpaired) electrons. The number of aromatic nitrogens is 1. The summed E-state index contributed by atoms with van der Waals surface area (Å²) in [6.07, 6.45) is -3.16. The van der Waals surface area contributed by atoms with Gasteiger partial charge in [0.15, 0.2) is 0 Å². The van der Waals surface area contributed by atoms with Crippen molar-refractivity contribution in [1.82, 2.24) is 4.98 Å². The maximum absolute atomic E-state index is 12.6. The molecule has 0 bridgehead atoms. The van der Waals surface area contributed by atoms with Crippen LogP contribution < -0.4 is 5.56 Å². The number of aromatic amines is 1. The van der Waals surface area contributed by atoms with E-state index in [0.29, 0.717) is 0 Å². The van der Waals surface area contributed by atoms with Crippen LogP contribution in [0.3, 0.4) is 0 Å². The summed E-state index contributed by atoms with van der Waals surface area (Å²) in [6.45, 7) is 0. The maximum Gasteiger partial charge on any atom is 0.416 e. The molecule has 1 aromatic heterocycles. The molecule has 0 fully saturated rings. The highest BCUT2D eigenvalue weighted by atomic mass is 35.5. The van der Waals surface area contributed by atoms with Crippen molar-refractivity contribution < 1.29 is 13.2 Å². The normalized spacial score (nSPS) is 11.6. The molecule has 1 heterocycles. The van der Waals surface area contributed by atoms with Crippen LogP contribution in [0.1, 0.15) is 5.56 Å². The summed E-state index contributed by atoms with van der Waals surface area (Å²) in [5.41, 5.74) is -1.01. The van der Waals surface area contributed by atoms with Crippen LogP contribution in [-0.2, 0) is 6.18 Å². The number of hydrogen-bond acceptors (Lipinski definition) is 1. The largest absolute Gasteiger partial charge is 0.416 e. The molecule has 0 aliphatic carbocycles. The number of rotatable bonds is 1. The first kappa shape index (κ1) is 12.7. The molecule has 0 aliphatic rings. The van der Waals surface area contributed by atoms with Gasteiger partial charge in [-0.15, -0.1) is 0 Å². The molecule has 0 amide bonds. The number of H-pyrrole nitrogens is 1. The van der Waals surface area contributed by atoms with E-state index in [1.54, 1.807) is 0 Å². The Morgan fingerprint density at radius 3 is 2.56 bits per heavy atom. The summed E-state index contributed by atoms with van der Waals surface area (Å²) < 4.78 is 37.7. The van der Waals surface area contributed by atoms with Crippen LogP contribution >= 0.6 is 11.6 Å². The standard InChI is InChI=1S/C12H7ClF3NO/c13-9-5-10(11(18)17-6-9)7-2-1-3-8(4-7)12(14,15)16/h1-6H,(H,17,18). The van der Waals surface area contributed by atoms with Gasteiger partial charge in [-0.3, -0.25) is 4.79 Å². The molecular formula is C12H7ClF3NO. The molecule has 94 valence electrons. The minimum Gasteiger partial charge on any atom is -0.327 e. The summed E-state index contributed by atoms with van der Waals surface area (Å²) in [5.74, 6) is 0. The molecule has 6 heteroatoms. The van der Waals surface area contributed by atoms with Crippen molar-refractivity contribution in [1.29, 1.82) is 0 Å². The Bertz CT molecular complexity index is 634. The summed E-state index contributed by atoms with van der Waals surface area (Å²) in [4.78, 5) is 13.9. The van der Waals surface area contributed by atoms with Gasteiger partial charge in [0.2, 0.25) is 0 Å². The van der Waals surface area contributed by atoms with Crippen molar-refractivity contribution in [3.05, 3.63) is 57.5 Å². The number of pyridine rings is 1. The Balaban J connectivity index is 2.58. The van der Waals surface area contributed by atoms with Crippen molar-refractivity contribution in [3.63, 3.8) is 0 Å². The van der Waals surface area contributed by atoms with Gasteiger partial charge in [0.25, 0.3) is 5.56 Å². The van der Waals surface area contributed by atoms with E-state index < -0.39 is 17.3 Å². The topological polar surface area (TPSA) is 32.9 Å². The summed E-state index contributed by atoms with van der Waals surface area (Å²) in [7, 11) is 0.